The van der Waals surface area contributed by atoms with E-state index in [-0.39, 0.29) is 1.43 Å². The zero-order valence-corrected chi connectivity index (χ0v) is 8.10. The van der Waals surface area contributed by atoms with Crippen LogP contribution in [-0.4, -0.2) is 12.0 Å². The fourth-order valence-electron chi connectivity index (χ4n) is 2.00. The van der Waals surface area contributed by atoms with Gasteiger partial charge in [0, 0.05) is 23.1 Å². The van der Waals surface area contributed by atoms with Crippen LogP contribution in [0.4, 0.5) is 5.69 Å². The lowest BCUT2D eigenvalue weighted by Crippen LogP contribution is -2.02. The number of para-hydroxylation sites is 1. The third-order valence-electron chi connectivity index (χ3n) is 2.74. The summed E-state index contributed by atoms with van der Waals surface area (Å²) in [6.45, 7) is 0. The van der Waals surface area contributed by atoms with E-state index >= 15 is 0 Å². The summed E-state index contributed by atoms with van der Waals surface area (Å²) in [6.07, 6.45) is 5.49. The lowest BCUT2D eigenvalue weighted by Gasteiger charge is -2.08. The van der Waals surface area contributed by atoms with Gasteiger partial charge in [-0.25, -0.2) is 0 Å². The maximum Gasteiger partial charge on any atom is 1.00 e. The first-order chi connectivity index (χ1) is 7.38. The van der Waals surface area contributed by atoms with Crippen molar-refractivity contribution in [2.75, 3.05) is 0 Å². The molecule has 0 fully saturated rings. The van der Waals surface area contributed by atoms with Crippen molar-refractivity contribution >= 4 is 23.3 Å². The van der Waals surface area contributed by atoms with E-state index < -0.39 is 0 Å². The van der Waals surface area contributed by atoms with Gasteiger partial charge in [0.15, 0.2) is 0 Å². The monoisotopic (exact) mass is 196 g/mol. The van der Waals surface area contributed by atoms with Gasteiger partial charge in [-0.2, -0.15) is 0 Å². The molecule has 0 N–H and O–H groups in total. The SMILES string of the molecule is O=CC1=CCC2=Nc3ccccc3C2=C1.[H+]. The van der Waals surface area contributed by atoms with Crippen LogP contribution in [0, 0.1) is 0 Å². The number of aliphatic imine (C=N–C) groups is 1. The fraction of sp³-hybridized carbons (Fsp3) is 0.0769. The van der Waals surface area contributed by atoms with Gasteiger partial charge >= 0.3 is 1.43 Å². The average Bonchev–Trinajstić information content (AvgIpc) is 2.66. The molecular formula is C13H10NO+. The van der Waals surface area contributed by atoms with E-state index in [4.69, 9.17) is 0 Å². The summed E-state index contributed by atoms with van der Waals surface area (Å²) in [5, 5.41) is 0. The molecule has 2 aliphatic rings. The van der Waals surface area contributed by atoms with Gasteiger partial charge in [-0.3, -0.25) is 9.79 Å². The molecule has 0 aromatic heterocycles. The predicted molar refractivity (Wildman–Crippen MR) is 61.4 cm³/mol. The van der Waals surface area contributed by atoms with Crippen LogP contribution >= 0.6 is 0 Å². The molecule has 0 unspecified atom stereocenters. The van der Waals surface area contributed by atoms with Crippen LogP contribution < -0.4 is 0 Å². The minimum absolute atomic E-state index is 0. The molecule has 1 heterocycles. The summed E-state index contributed by atoms with van der Waals surface area (Å²) < 4.78 is 0. The number of benzene rings is 1. The van der Waals surface area contributed by atoms with Crippen molar-refractivity contribution in [3.63, 3.8) is 0 Å². The van der Waals surface area contributed by atoms with Crippen molar-refractivity contribution in [2.45, 2.75) is 6.42 Å². The van der Waals surface area contributed by atoms with Crippen LogP contribution in [0.2, 0.25) is 0 Å². The Kier molecular flexibility index (Phi) is 1.68. The largest absolute Gasteiger partial charge is 1.00 e. The molecule has 3 rings (SSSR count). The first-order valence-electron chi connectivity index (χ1n) is 4.93. The number of hydrogen-bond acceptors (Lipinski definition) is 2. The minimum atomic E-state index is 0. The summed E-state index contributed by atoms with van der Waals surface area (Å²) in [4.78, 5) is 15.2. The van der Waals surface area contributed by atoms with Crippen molar-refractivity contribution in [1.29, 1.82) is 0 Å². The Labute approximate surface area is 89.1 Å². The van der Waals surface area contributed by atoms with Gasteiger partial charge in [-0.05, 0) is 12.1 Å². The number of fused-ring (bicyclic) bond motifs is 3. The average molecular weight is 196 g/mol. The number of carbonyl (C=O) groups is 1. The number of carbonyl (C=O) groups excluding carboxylic acids is 1. The maximum absolute atomic E-state index is 10.7. The first kappa shape index (κ1) is 8.36. The van der Waals surface area contributed by atoms with Crippen LogP contribution in [0.1, 0.15) is 13.4 Å². The van der Waals surface area contributed by atoms with E-state index in [0.29, 0.717) is 0 Å². The number of nitrogens with zero attached hydrogens (tertiary/aromatic N) is 1. The standard InChI is InChI=1S/C13H9NO/c15-8-9-5-6-13-11(7-9)10-3-1-2-4-12(10)14-13/h1-5,7-8H,6H2/p+1. The zero-order valence-electron chi connectivity index (χ0n) is 9.10. The summed E-state index contributed by atoms with van der Waals surface area (Å²) in [5.74, 6) is 0. The van der Waals surface area contributed by atoms with Crippen LogP contribution in [0.3, 0.4) is 0 Å². The van der Waals surface area contributed by atoms with Crippen molar-refractivity contribution in [2.24, 2.45) is 4.99 Å². The third-order valence-corrected chi connectivity index (χ3v) is 2.74. The van der Waals surface area contributed by atoms with E-state index in [2.05, 4.69) is 4.99 Å². The van der Waals surface area contributed by atoms with E-state index in [1.807, 2.05) is 36.4 Å². The van der Waals surface area contributed by atoms with Gasteiger partial charge in [0.25, 0.3) is 0 Å². The summed E-state index contributed by atoms with van der Waals surface area (Å²) >= 11 is 0. The van der Waals surface area contributed by atoms with Crippen molar-refractivity contribution in [1.82, 2.24) is 0 Å². The quantitative estimate of drug-likeness (QED) is 0.635. The molecule has 72 valence electrons. The molecule has 2 nitrogen and oxygen atoms in total. The van der Waals surface area contributed by atoms with Crippen LogP contribution in [0.5, 0.6) is 0 Å². The van der Waals surface area contributed by atoms with Gasteiger partial charge in [0.2, 0.25) is 0 Å². The second kappa shape index (κ2) is 3.02. The number of aldehydes is 1. The van der Waals surface area contributed by atoms with Crippen LogP contribution in [-0.2, 0) is 4.79 Å². The number of allylic oxidation sites excluding steroid dienone is 4. The molecule has 0 atom stereocenters. The minimum Gasteiger partial charge on any atom is -0.298 e. The number of rotatable bonds is 1. The Balaban J connectivity index is 0.000000963. The highest BCUT2D eigenvalue weighted by molar-refractivity contribution is 6.31. The maximum atomic E-state index is 10.7. The summed E-state index contributed by atoms with van der Waals surface area (Å²) in [6, 6.07) is 8.03. The molecule has 1 aromatic rings. The Hall–Kier alpha value is -1.96. The molecule has 0 amide bonds. The predicted octanol–water partition coefficient (Wildman–Crippen LogP) is 2.80. The Morgan fingerprint density at radius 3 is 3.07 bits per heavy atom. The molecule has 2 heteroatoms. The van der Waals surface area contributed by atoms with E-state index in [1.165, 1.54) is 0 Å². The molecule has 0 radical (unpaired) electrons. The molecule has 15 heavy (non-hydrogen) atoms. The third kappa shape index (κ3) is 1.18. The highest BCUT2D eigenvalue weighted by Crippen LogP contribution is 2.37. The molecular weight excluding hydrogens is 186 g/mol. The molecule has 1 aliphatic carbocycles. The molecule has 0 saturated heterocycles. The lowest BCUT2D eigenvalue weighted by molar-refractivity contribution is -0.104. The molecule has 0 bridgehead atoms. The van der Waals surface area contributed by atoms with Crippen LogP contribution in [0.25, 0.3) is 5.57 Å². The smallest absolute Gasteiger partial charge is 0.298 e. The van der Waals surface area contributed by atoms with E-state index in [1.54, 1.807) is 0 Å². The van der Waals surface area contributed by atoms with Gasteiger partial charge in [-0.15, -0.1) is 0 Å². The number of hydrogen-bond donors (Lipinski definition) is 0. The Bertz CT molecular complexity index is 541. The Morgan fingerprint density at radius 1 is 1.33 bits per heavy atom. The van der Waals surface area contributed by atoms with Crippen LogP contribution in [0.15, 0.2) is 47.0 Å². The van der Waals surface area contributed by atoms with Gasteiger partial charge in [0.1, 0.15) is 6.29 Å². The second-order valence-corrected chi connectivity index (χ2v) is 3.66. The molecule has 1 aromatic carbocycles. The van der Waals surface area contributed by atoms with Crippen molar-refractivity contribution in [3.8, 4) is 0 Å². The summed E-state index contributed by atoms with van der Waals surface area (Å²) in [7, 11) is 0. The topological polar surface area (TPSA) is 29.4 Å². The highest BCUT2D eigenvalue weighted by atomic mass is 16.1. The summed E-state index contributed by atoms with van der Waals surface area (Å²) in [5.41, 5.74) is 5.08. The normalized spacial score (nSPS) is 17.2. The first-order valence-corrected chi connectivity index (χ1v) is 4.93. The molecule has 0 spiro atoms. The van der Waals surface area contributed by atoms with Gasteiger partial charge in [-0.1, -0.05) is 24.3 Å². The second-order valence-electron chi connectivity index (χ2n) is 3.66. The lowest BCUT2D eigenvalue weighted by atomic mass is 9.94. The zero-order chi connectivity index (χ0) is 10.3. The van der Waals surface area contributed by atoms with Gasteiger partial charge < -0.3 is 0 Å². The fourth-order valence-corrected chi connectivity index (χ4v) is 2.00. The molecule has 0 saturated carbocycles. The van der Waals surface area contributed by atoms with Gasteiger partial charge in [0.05, 0.1) is 11.4 Å². The van der Waals surface area contributed by atoms with E-state index in [0.717, 1.165) is 40.8 Å². The van der Waals surface area contributed by atoms with Crippen molar-refractivity contribution < 1.29 is 6.22 Å². The Morgan fingerprint density at radius 2 is 2.20 bits per heavy atom. The highest BCUT2D eigenvalue weighted by Gasteiger charge is 2.21. The molecule has 1 aliphatic heterocycles. The van der Waals surface area contributed by atoms with Crippen molar-refractivity contribution in [3.05, 3.63) is 47.6 Å². The van der Waals surface area contributed by atoms with E-state index in [9.17, 15) is 4.79 Å².